The van der Waals surface area contributed by atoms with Crippen molar-refractivity contribution in [1.29, 1.82) is 5.26 Å². The summed E-state index contributed by atoms with van der Waals surface area (Å²) in [5.74, 6) is 1.14. The molecule has 0 saturated carbocycles. The predicted octanol–water partition coefficient (Wildman–Crippen LogP) is 0.826. The number of ether oxygens (including phenoxy) is 2. The molecule has 0 spiro atoms. The van der Waals surface area contributed by atoms with E-state index in [-0.39, 0.29) is 0 Å². The zero-order chi connectivity index (χ0) is 15.2. The lowest BCUT2D eigenvalue weighted by atomic mass is 9.80. The summed E-state index contributed by atoms with van der Waals surface area (Å²) in [6.45, 7) is 0.305. The molecule has 0 aliphatic carbocycles. The van der Waals surface area contributed by atoms with Gasteiger partial charge in [0.25, 0.3) is 0 Å². The van der Waals surface area contributed by atoms with Crippen molar-refractivity contribution in [2.75, 3.05) is 7.11 Å². The second-order valence-corrected chi connectivity index (χ2v) is 4.38. The van der Waals surface area contributed by atoms with Crippen LogP contribution < -0.4 is 14.9 Å². The third-order valence-corrected chi connectivity index (χ3v) is 2.97. The Labute approximate surface area is 123 Å². The highest BCUT2D eigenvalue weighted by Crippen LogP contribution is 2.20. The fourth-order valence-corrected chi connectivity index (χ4v) is 1.84. The Balaban J connectivity index is 2.04. The molecular formula is C15H14BNO4. The van der Waals surface area contributed by atoms with Crippen molar-refractivity contribution < 1.29 is 19.5 Å². The molecule has 0 atom stereocenters. The highest BCUT2D eigenvalue weighted by atomic mass is 16.5. The van der Waals surface area contributed by atoms with E-state index in [4.69, 9.17) is 24.8 Å². The van der Waals surface area contributed by atoms with Gasteiger partial charge in [0.15, 0.2) is 0 Å². The molecule has 0 aliphatic rings. The van der Waals surface area contributed by atoms with Gasteiger partial charge < -0.3 is 19.5 Å². The number of hydrogen-bond donors (Lipinski definition) is 2. The largest absolute Gasteiger partial charge is 0.495 e. The molecule has 2 rings (SSSR count). The molecule has 21 heavy (non-hydrogen) atoms. The average molecular weight is 283 g/mol. The van der Waals surface area contributed by atoms with Crippen LogP contribution >= 0.6 is 0 Å². The van der Waals surface area contributed by atoms with Gasteiger partial charge in [-0.05, 0) is 35.3 Å². The van der Waals surface area contributed by atoms with Crippen molar-refractivity contribution in [3.63, 3.8) is 0 Å². The zero-order valence-electron chi connectivity index (χ0n) is 11.5. The number of nitriles is 1. The van der Waals surface area contributed by atoms with Crippen LogP contribution in [-0.4, -0.2) is 24.3 Å². The van der Waals surface area contributed by atoms with Gasteiger partial charge >= 0.3 is 7.12 Å². The summed E-state index contributed by atoms with van der Waals surface area (Å²) in [4.78, 5) is 0. The zero-order valence-corrected chi connectivity index (χ0v) is 11.5. The molecule has 0 aliphatic heterocycles. The quantitative estimate of drug-likeness (QED) is 0.794. The molecule has 106 valence electrons. The number of hydrogen-bond acceptors (Lipinski definition) is 5. The molecule has 2 aromatic carbocycles. The molecule has 0 aromatic heterocycles. The van der Waals surface area contributed by atoms with E-state index in [1.807, 2.05) is 6.07 Å². The first-order valence-corrected chi connectivity index (χ1v) is 6.30. The maximum absolute atomic E-state index is 9.02. The number of nitrogens with zero attached hydrogens (tertiary/aromatic N) is 1. The van der Waals surface area contributed by atoms with E-state index in [0.29, 0.717) is 29.1 Å². The van der Waals surface area contributed by atoms with Crippen LogP contribution in [0.2, 0.25) is 0 Å². The standard InChI is InChI=1S/C15H14BNO4/c1-20-15-7-2-11(8-12(15)9-17)10-21-14-5-3-13(4-6-14)16(18)19/h2-8,18-19H,10H2,1H3. The molecule has 6 heteroatoms. The SMILES string of the molecule is COc1ccc(COc2ccc(B(O)O)cc2)cc1C#N. The number of methoxy groups -OCH3 is 1. The van der Waals surface area contributed by atoms with E-state index >= 15 is 0 Å². The normalized spacial score (nSPS) is 9.81. The van der Waals surface area contributed by atoms with Crippen LogP contribution in [0.1, 0.15) is 11.1 Å². The molecule has 0 heterocycles. The Kier molecular flexibility index (Phi) is 4.83. The minimum absolute atomic E-state index is 0.305. The topological polar surface area (TPSA) is 82.7 Å². The Bertz CT molecular complexity index is 650. The summed E-state index contributed by atoms with van der Waals surface area (Å²) in [6.07, 6.45) is 0. The Morgan fingerprint density at radius 3 is 2.43 bits per heavy atom. The van der Waals surface area contributed by atoms with Crippen molar-refractivity contribution >= 4 is 12.6 Å². The first kappa shape index (κ1) is 14.9. The fraction of sp³-hybridized carbons (Fsp3) is 0.133. The third kappa shape index (κ3) is 3.75. The Hall–Kier alpha value is -2.49. The van der Waals surface area contributed by atoms with Gasteiger partial charge in [0.1, 0.15) is 24.2 Å². The van der Waals surface area contributed by atoms with E-state index in [1.54, 1.807) is 36.4 Å². The van der Waals surface area contributed by atoms with E-state index in [9.17, 15) is 0 Å². The maximum Gasteiger partial charge on any atom is 0.488 e. The van der Waals surface area contributed by atoms with E-state index in [2.05, 4.69) is 6.07 Å². The molecule has 0 saturated heterocycles. The van der Waals surface area contributed by atoms with Crippen molar-refractivity contribution in [1.82, 2.24) is 0 Å². The van der Waals surface area contributed by atoms with Gasteiger partial charge in [-0.2, -0.15) is 5.26 Å². The highest BCUT2D eigenvalue weighted by Gasteiger charge is 2.10. The van der Waals surface area contributed by atoms with Crippen LogP contribution in [0.3, 0.4) is 0 Å². The van der Waals surface area contributed by atoms with Gasteiger partial charge in [-0.15, -0.1) is 0 Å². The van der Waals surface area contributed by atoms with Crippen LogP contribution in [0.4, 0.5) is 0 Å². The molecule has 0 radical (unpaired) electrons. The summed E-state index contributed by atoms with van der Waals surface area (Å²) in [7, 11) is 0.0301. The van der Waals surface area contributed by atoms with Crippen molar-refractivity contribution in [2.45, 2.75) is 6.61 Å². The van der Waals surface area contributed by atoms with E-state index < -0.39 is 7.12 Å². The minimum Gasteiger partial charge on any atom is -0.495 e. The van der Waals surface area contributed by atoms with E-state index in [0.717, 1.165) is 5.56 Å². The van der Waals surface area contributed by atoms with Gasteiger partial charge in [0.05, 0.1) is 12.7 Å². The summed E-state index contributed by atoms with van der Waals surface area (Å²) in [5, 5.41) is 27.0. The van der Waals surface area contributed by atoms with E-state index in [1.165, 1.54) is 7.11 Å². The van der Waals surface area contributed by atoms with Crippen molar-refractivity contribution in [3.8, 4) is 17.6 Å². The Morgan fingerprint density at radius 2 is 1.86 bits per heavy atom. The summed E-state index contributed by atoms with van der Waals surface area (Å²) < 4.78 is 10.7. The highest BCUT2D eigenvalue weighted by molar-refractivity contribution is 6.58. The van der Waals surface area contributed by atoms with Gasteiger partial charge in [-0.1, -0.05) is 18.2 Å². The second kappa shape index (κ2) is 6.79. The molecule has 2 aromatic rings. The van der Waals surface area contributed by atoms with Crippen LogP contribution in [0.5, 0.6) is 11.5 Å². The number of rotatable bonds is 5. The van der Waals surface area contributed by atoms with Crippen LogP contribution in [0, 0.1) is 11.3 Å². The first-order chi connectivity index (χ1) is 10.1. The molecule has 0 amide bonds. The fourth-order valence-electron chi connectivity index (χ4n) is 1.84. The molecule has 5 nitrogen and oxygen atoms in total. The minimum atomic E-state index is -1.49. The van der Waals surface area contributed by atoms with Crippen LogP contribution in [-0.2, 0) is 6.61 Å². The summed E-state index contributed by atoms with van der Waals surface area (Å²) >= 11 is 0. The monoisotopic (exact) mass is 283 g/mol. The lowest BCUT2D eigenvalue weighted by Crippen LogP contribution is -2.29. The first-order valence-electron chi connectivity index (χ1n) is 6.30. The lowest BCUT2D eigenvalue weighted by molar-refractivity contribution is 0.306. The Morgan fingerprint density at radius 1 is 1.14 bits per heavy atom. The molecule has 2 N–H and O–H groups in total. The summed E-state index contributed by atoms with van der Waals surface area (Å²) in [5.41, 5.74) is 1.70. The van der Waals surface area contributed by atoms with Crippen LogP contribution in [0.25, 0.3) is 0 Å². The van der Waals surface area contributed by atoms with Gasteiger partial charge in [0.2, 0.25) is 0 Å². The predicted molar refractivity (Wildman–Crippen MR) is 78.3 cm³/mol. The summed E-state index contributed by atoms with van der Waals surface area (Å²) in [6, 6.07) is 13.8. The third-order valence-electron chi connectivity index (χ3n) is 2.97. The van der Waals surface area contributed by atoms with Gasteiger partial charge in [0, 0.05) is 0 Å². The number of benzene rings is 2. The van der Waals surface area contributed by atoms with Crippen molar-refractivity contribution in [2.24, 2.45) is 0 Å². The average Bonchev–Trinajstić information content (AvgIpc) is 2.52. The smallest absolute Gasteiger partial charge is 0.488 e. The maximum atomic E-state index is 9.02. The second-order valence-electron chi connectivity index (χ2n) is 4.38. The van der Waals surface area contributed by atoms with Gasteiger partial charge in [-0.25, -0.2) is 0 Å². The van der Waals surface area contributed by atoms with Gasteiger partial charge in [-0.3, -0.25) is 0 Å². The van der Waals surface area contributed by atoms with Crippen LogP contribution in [0.15, 0.2) is 42.5 Å². The molecule has 0 bridgehead atoms. The molecular weight excluding hydrogens is 269 g/mol. The molecule has 0 fully saturated rings. The lowest BCUT2D eigenvalue weighted by Gasteiger charge is -2.09. The molecule has 0 unspecified atom stereocenters. The van der Waals surface area contributed by atoms with Crippen molar-refractivity contribution in [3.05, 3.63) is 53.6 Å².